The van der Waals surface area contributed by atoms with Gasteiger partial charge in [0.15, 0.2) is 6.10 Å². The summed E-state index contributed by atoms with van der Waals surface area (Å²) in [5.74, 6) is -0.881. The zero-order chi connectivity index (χ0) is 59.9. The van der Waals surface area contributed by atoms with Crippen molar-refractivity contribution in [1.29, 1.82) is 0 Å². The van der Waals surface area contributed by atoms with Gasteiger partial charge < -0.3 is 14.2 Å². The van der Waals surface area contributed by atoms with Gasteiger partial charge in [-0.25, -0.2) is 0 Å². The Balaban J connectivity index is 4.31. The zero-order valence-electron chi connectivity index (χ0n) is 55.5. The fourth-order valence-corrected chi connectivity index (χ4v) is 10.8. The monoisotopic (exact) mass is 1160 g/mol. The minimum Gasteiger partial charge on any atom is -0.462 e. The highest BCUT2D eigenvalue weighted by atomic mass is 16.6. The molecule has 0 radical (unpaired) electrons. The maximum atomic E-state index is 13.0. The van der Waals surface area contributed by atoms with E-state index >= 15 is 0 Å². The number of hydrogen-bond donors (Lipinski definition) is 0. The summed E-state index contributed by atoms with van der Waals surface area (Å²) in [6.45, 7) is 6.57. The molecule has 1 unspecified atom stereocenters. The molecule has 6 nitrogen and oxygen atoms in total. The van der Waals surface area contributed by atoms with Gasteiger partial charge in [0, 0.05) is 19.3 Å². The molecule has 6 heteroatoms. The lowest BCUT2D eigenvalue weighted by Crippen LogP contribution is -2.30. The van der Waals surface area contributed by atoms with Crippen LogP contribution in [0, 0.1) is 0 Å². The molecular formula is C77H138O6. The molecule has 0 rings (SSSR count). The zero-order valence-corrected chi connectivity index (χ0v) is 55.5. The van der Waals surface area contributed by atoms with Crippen LogP contribution in [-0.4, -0.2) is 37.2 Å². The molecule has 482 valence electrons. The average Bonchev–Trinajstić information content (AvgIpc) is 3.49. The maximum Gasteiger partial charge on any atom is 0.306 e. The molecule has 0 bridgehead atoms. The molecule has 0 aromatic carbocycles. The second-order valence-electron chi connectivity index (χ2n) is 24.5. The minimum atomic E-state index is -0.789. The molecule has 0 aromatic rings. The van der Waals surface area contributed by atoms with Gasteiger partial charge in [0.2, 0.25) is 0 Å². The first-order valence-electron chi connectivity index (χ1n) is 36.4. The summed E-state index contributed by atoms with van der Waals surface area (Å²) in [5.41, 5.74) is 0. The van der Waals surface area contributed by atoms with E-state index in [1.165, 1.54) is 231 Å². The molecule has 0 saturated carbocycles. The lowest BCUT2D eigenvalue weighted by Gasteiger charge is -2.18. The van der Waals surface area contributed by atoms with Crippen molar-refractivity contribution in [3.05, 3.63) is 72.9 Å². The van der Waals surface area contributed by atoms with E-state index in [1.54, 1.807) is 0 Å². The topological polar surface area (TPSA) is 78.9 Å². The number of carbonyl (C=O) groups excluding carboxylic acids is 3. The predicted molar refractivity (Wildman–Crippen MR) is 362 cm³/mol. The fraction of sp³-hybridized carbons (Fsp3) is 0.805. The van der Waals surface area contributed by atoms with Gasteiger partial charge in [-0.3, -0.25) is 14.4 Å². The molecule has 0 fully saturated rings. The summed E-state index contributed by atoms with van der Waals surface area (Å²) in [4.78, 5) is 38.5. The summed E-state index contributed by atoms with van der Waals surface area (Å²) in [7, 11) is 0. The largest absolute Gasteiger partial charge is 0.462 e. The molecular weight excluding hydrogens is 1020 g/mol. The van der Waals surface area contributed by atoms with Crippen molar-refractivity contribution in [1.82, 2.24) is 0 Å². The maximum absolute atomic E-state index is 13.0. The highest BCUT2D eigenvalue weighted by Crippen LogP contribution is 2.19. The van der Waals surface area contributed by atoms with Crippen molar-refractivity contribution in [2.45, 2.75) is 386 Å². The van der Waals surface area contributed by atoms with E-state index in [-0.39, 0.29) is 31.1 Å². The molecule has 1 atom stereocenters. The van der Waals surface area contributed by atoms with Crippen molar-refractivity contribution in [2.75, 3.05) is 13.2 Å². The van der Waals surface area contributed by atoms with Crippen LogP contribution in [0.25, 0.3) is 0 Å². The number of unbranched alkanes of at least 4 members (excludes halogenated alkanes) is 44. The van der Waals surface area contributed by atoms with Crippen LogP contribution in [0.4, 0.5) is 0 Å². The van der Waals surface area contributed by atoms with E-state index in [1.807, 2.05) is 0 Å². The van der Waals surface area contributed by atoms with Crippen LogP contribution in [0.3, 0.4) is 0 Å². The van der Waals surface area contributed by atoms with Gasteiger partial charge in [0.1, 0.15) is 13.2 Å². The van der Waals surface area contributed by atoms with Gasteiger partial charge in [-0.15, -0.1) is 0 Å². The molecule has 0 heterocycles. The molecule has 0 spiro atoms. The van der Waals surface area contributed by atoms with Crippen molar-refractivity contribution in [3.63, 3.8) is 0 Å². The third-order valence-electron chi connectivity index (χ3n) is 16.2. The van der Waals surface area contributed by atoms with Gasteiger partial charge in [-0.2, -0.15) is 0 Å². The van der Waals surface area contributed by atoms with Gasteiger partial charge >= 0.3 is 17.9 Å². The van der Waals surface area contributed by atoms with Crippen molar-refractivity contribution < 1.29 is 28.6 Å². The second-order valence-corrected chi connectivity index (χ2v) is 24.5. The van der Waals surface area contributed by atoms with E-state index in [0.29, 0.717) is 19.3 Å². The highest BCUT2D eigenvalue weighted by molar-refractivity contribution is 5.71. The van der Waals surface area contributed by atoms with E-state index in [2.05, 4.69) is 93.7 Å². The first kappa shape index (κ1) is 79.8. The summed E-state index contributed by atoms with van der Waals surface area (Å²) in [6, 6.07) is 0. The summed E-state index contributed by atoms with van der Waals surface area (Å²) >= 11 is 0. The van der Waals surface area contributed by atoms with Crippen LogP contribution >= 0.6 is 0 Å². The quantitative estimate of drug-likeness (QED) is 0.0261. The highest BCUT2D eigenvalue weighted by Gasteiger charge is 2.19. The number of rotatable bonds is 67. The van der Waals surface area contributed by atoms with Gasteiger partial charge in [0.05, 0.1) is 0 Å². The Labute approximate surface area is 516 Å². The predicted octanol–water partition coefficient (Wildman–Crippen LogP) is 25.2. The molecule has 0 amide bonds. The number of carbonyl (C=O) groups is 3. The second kappa shape index (κ2) is 71.3. The smallest absolute Gasteiger partial charge is 0.306 e. The average molecular weight is 1160 g/mol. The number of esters is 3. The summed E-state index contributed by atoms with van der Waals surface area (Å²) < 4.78 is 17.0. The lowest BCUT2D eigenvalue weighted by molar-refractivity contribution is -0.167. The van der Waals surface area contributed by atoms with E-state index in [4.69, 9.17) is 14.2 Å². The van der Waals surface area contributed by atoms with E-state index in [9.17, 15) is 14.4 Å². The molecule has 0 N–H and O–H groups in total. The summed E-state index contributed by atoms with van der Waals surface area (Å²) in [5, 5.41) is 0. The molecule has 0 aliphatic carbocycles. The first-order chi connectivity index (χ1) is 41.0. The van der Waals surface area contributed by atoms with Crippen LogP contribution in [0.2, 0.25) is 0 Å². The van der Waals surface area contributed by atoms with Crippen LogP contribution in [0.1, 0.15) is 380 Å². The molecule has 83 heavy (non-hydrogen) atoms. The van der Waals surface area contributed by atoms with Crippen LogP contribution < -0.4 is 0 Å². The van der Waals surface area contributed by atoms with E-state index < -0.39 is 6.10 Å². The Bertz CT molecular complexity index is 1520. The van der Waals surface area contributed by atoms with Crippen LogP contribution in [0.15, 0.2) is 72.9 Å². The van der Waals surface area contributed by atoms with Gasteiger partial charge in [-0.1, -0.05) is 363 Å². The standard InChI is InChI=1S/C77H138O6/c1-4-7-10-13-16-19-22-25-28-30-32-34-36-37-38-39-41-42-44-46-49-52-55-58-61-64-67-70-76(79)82-73-74(72-81-75(78)69-66-63-60-57-54-51-48-27-24-21-18-15-12-9-6-3)83-77(80)71-68-65-62-59-56-53-50-47-45-43-40-35-33-31-29-26-23-20-17-14-11-8-5-2/h8,11,17,20,26,29,33,35,43,45,50,53,74H,4-7,9-10,12-16,18-19,21-25,27-28,30-32,34,36-42,44,46-49,51-52,54-73H2,1-3H3/b11-8-,20-17-,29-26-,35-33-,45-43-,53-50-. The van der Waals surface area contributed by atoms with Crippen molar-refractivity contribution in [2.24, 2.45) is 0 Å². The minimum absolute atomic E-state index is 0.0811. The molecule has 0 saturated heterocycles. The third kappa shape index (κ3) is 69.5. The van der Waals surface area contributed by atoms with Crippen LogP contribution in [-0.2, 0) is 28.6 Å². The number of allylic oxidation sites excluding steroid dienone is 12. The Morgan fingerprint density at radius 3 is 0.735 bits per heavy atom. The summed E-state index contributed by atoms with van der Waals surface area (Å²) in [6.07, 6.45) is 93.7. The Morgan fingerprint density at radius 1 is 0.253 bits per heavy atom. The Hall–Kier alpha value is -3.15. The van der Waals surface area contributed by atoms with E-state index in [0.717, 1.165) is 109 Å². The third-order valence-corrected chi connectivity index (χ3v) is 16.2. The van der Waals surface area contributed by atoms with Gasteiger partial charge in [0.25, 0.3) is 0 Å². The molecule has 0 aromatic heterocycles. The number of hydrogen-bond acceptors (Lipinski definition) is 6. The lowest BCUT2D eigenvalue weighted by atomic mass is 10.0. The van der Waals surface area contributed by atoms with Crippen LogP contribution in [0.5, 0.6) is 0 Å². The van der Waals surface area contributed by atoms with Gasteiger partial charge in [-0.05, 0) is 70.6 Å². The first-order valence-corrected chi connectivity index (χ1v) is 36.4. The van der Waals surface area contributed by atoms with Crippen molar-refractivity contribution in [3.8, 4) is 0 Å². The normalized spacial score (nSPS) is 12.5. The fourth-order valence-electron chi connectivity index (χ4n) is 10.8. The Kier molecular flexibility index (Phi) is 68.6. The number of ether oxygens (including phenoxy) is 3. The Morgan fingerprint density at radius 2 is 0.470 bits per heavy atom. The van der Waals surface area contributed by atoms with Crippen molar-refractivity contribution >= 4 is 17.9 Å². The molecule has 0 aliphatic rings. The molecule has 0 aliphatic heterocycles. The SMILES string of the molecule is CC/C=C\C/C=C\C/C=C\C/C=C\C/C=C\C/C=C\CCCCCCC(=O)OC(COC(=O)CCCCCCCCCCCCCCCCC)COC(=O)CCCCCCCCCCCCCCCCCCCCCCCCCCCCC.